The number of nitrogens with zero attached hydrogens (tertiary/aromatic N) is 2. The lowest BCUT2D eigenvalue weighted by Gasteiger charge is -2.41. The molecule has 5 heteroatoms. The van der Waals surface area contributed by atoms with Crippen LogP contribution in [-0.4, -0.2) is 47.4 Å². The van der Waals surface area contributed by atoms with E-state index in [1.165, 1.54) is 0 Å². The molecule has 0 saturated carbocycles. The first-order valence-corrected chi connectivity index (χ1v) is 7.30. The first-order chi connectivity index (χ1) is 9.76. The minimum Gasteiger partial charge on any atom is -0.508 e. The molecule has 1 aromatic carbocycles. The van der Waals surface area contributed by atoms with E-state index in [9.17, 15) is 9.90 Å². The van der Waals surface area contributed by atoms with E-state index in [1.807, 2.05) is 32.9 Å². The SMILES string of the molecule is C[C@H]1CN(C(=O)OC(C)(C)C)CCN1c1ccc(O)cc1. The van der Waals surface area contributed by atoms with Crippen LogP contribution >= 0.6 is 0 Å². The fourth-order valence-electron chi connectivity index (χ4n) is 2.48. The van der Waals surface area contributed by atoms with Crippen LogP contribution in [-0.2, 0) is 4.74 Å². The molecule has 116 valence electrons. The van der Waals surface area contributed by atoms with Crippen molar-refractivity contribution in [1.29, 1.82) is 0 Å². The van der Waals surface area contributed by atoms with E-state index in [0.717, 1.165) is 12.2 Å². The highest BCUT2D eigenvalue weighted by Crippen LogP contribution is 2.23. The summed E-state index contributed by atoms with van der Waals surface area (Å²) in [5.74, 6) is 0.263. The molecule has 0 bridgehead atoms. The van der Waals surface area contributed by atoms with Gasteiger partial charge < -0.3 is 19.6 Å². The van der Waals surface area contributed by atoms with E-state index < -0.39 is 5.60 Å². The van der Waals surface area contributed by atoms with Gasteiger partial charge in [0.25, 0.3) is 0 Å². The summed E-state index contributed by atoms with van der Waals surface area (Å²) in [6.07, 6.45) is -0.250. The average Bonchev–Trinajstić information content (AvgIpc) is 2.38. The Morgan fingerprint density at radius 2 is 1.86 bits per heavy atom. The summed E-state index contributed by atoms with van der Waals surface area (Å²) >= 11 is 0. The van der Waals surface area contributed by atoms with Crippen LogP contribution in [0.3, 0.4) is 0 Å². The number of carbonyl (C=O) groups is 1. The number of benzene rings is 1. The quantitative estimate of drug-likeness (QED) is 0.865. The molecular formula is C16H24N2O3. The lowest BCUT2D eigenvalue weighted by Crippen LogP contribution is -2.54. The third-order valence-corrected chi connectivity index (χ3v) is 3.46. The Bertz CT molecular complexity index is 493. The summed E-state index contributed by atoms with van der Waals surface area (Å²) < 4.78 is 5.42. The van der Waals surface area contributed by atoms with Gasteiger partial charge in [-0.15, -0.1) is 0 Å². The Balaban J connectivity index is 1.99. The van der Waals surface area contributed by atoms with Crippen LogP contribution in [0.2, 0.25) is 0 Å². The molecule has 21 heavy (non-hydrogen) atoms. The largest absolute Gasteiger partial charge is 0.508 e. The van der Waals surface area contributed by atoms with Gasteiger partial charge in [0.05, 0.1) is 0 Å². The van der Waals surface area contributed by atoms with Gasteiger partial charge in [-0.25, -0.2) is 4.79 Å². The summed E-state index contributed by atoms with van der Waals surface area (Å²) in [5.41, 5.74) is 0.596. The molecule has 1 N–H and O–H groups in total. The van der Waals surface area contributed by atoms with Gasteiger partial charge in [-0.1, -0.05) is 0 Å². The van der Waals surface area contributed by atoms with Crippen molar-refractivity contribution in [2.75, 3.05) is 24.5 Å². The number of carbonyl (C=O) groups excluding carboxylic acids is 1. The number of aromatic hydroxyl groups is 1. The van der Waals surface area contributed by atoms with Gasteiger partial charge in [-0.2, -0.15) is 0 Å². The van der Waals surface area contributed by atoms with Crippen molar-refractivity contribution >= 4 is 11.8 Å². The molecule has 1 atom stereocenters. The highest BCUT2D eigenvalue weighted by Gasteiger charge is 2.29. The van der Waals surface area contributed by atoms with E-state index in [2.05, 4.69) is 11.8 Å². The second-order valence-electron chi connectivity index (χ2n) is 6.49. The zero-order valence-corrected chi connectivity index (χ0v) is 13.2. The minimum atomic E-state index is -0.464. The lowest BCUT2D eigenvalue weighted by atomic mass is 10.1. The molecule has 5 nitrogen and oxygen atoms in total. The smallest absolute Gasteiger partial charge is 0.410 e. The molecule has 1 aliphatic heterocycles. The fourth-order valence-corrected chi connectivity index (χ4v) is 2.48. The van der Waals surface area contributed by atoms with Crippen LogP contribution in [0.5, 0.6) is 5.75 Å². The van der Waals surface area contributed by atoms with Crippen LogP contribution < -0.4 is 4.90 Å². The number of hydrogen-bond acceptors (Lipinski definition) is 4. The average molecular weight is 292 g/mol. The first-order valence-electron chi connectivity index (χ1n) is 7.30. The molecule has 1 heterocycles. The Labute approximate surface area is 126 Å². The molecule has 1 amide bonds. The monoisotopic (exact) mass is 292 g/mol. The van der Waals surface area contributed by atoms with Crippen molar-refractivity contribution in [2.45, 2.75) is 39.3 Å². The van der Waals surface area contributed by atoms with Crippen molar-refractivity contribution in [3.8, 4) is 5.75 Å². The van der Waals surface area contributed by atoms with E-state index in [-0.39, 0.29) is 17.9 Å². The summed E-state index contributed by atoms with van der Waals surface area (Å²) in [6, 6.07) is 7.37. The molecule has 0 spiro atoms. The number of hydrogen-bond donors (Lipinski definition) is 1. The van der Waals surface area contributed by atoms with Gasteiger partial charge >= 0.3 is 6.09 Å². The van der Waals surface area contributed by atoms with Crippen molar-refractivity contribution in [2.24, 2.45) is 0 Å². The zero-order chi connectivity index (χ0) is 15.6. The molecule has 1 fully saturated rings. The van der Waals surface area contributed by atoms with Crippen molar-refractivity contribution in [3.05, 3.63) is 24.3 Å². The number of rotatable bonds is 1. The number of amides is 1. The Kier molecular flexibility index (Phi) is 4.30. The van der Waals surface area contributed by atoms with Gasteiger partial charge in [0.1, 0.15) is 11.4 Å². The molecule has 0 aliphatic carbocycles. The molecular weight excluding hydrogens is 268 g/mol. The molecule has 0 radical (unpaired) electrons. The van der Waals surface area contributed by atoms with Crippen molar-refractivity contribution < 1.29 is 14.6 Å². The molecule has 1 aliphatic rings. The zero-order valence-electron chi connectivity index (χ0n) is 13.2. The van der Waals surface area contributed by atoms with Crippen LogP contribution in [0.15, 0.2) is 24.3 Å². The van der Waals surface area contributed by atoms with Crippen molar-refractivity contribution in [1.82, 2.24) is 4.90 Å². The predicted octanol–water partition coefficient (Wildman–Crippen LogP) is 2.84. The highest BCUT2D eigenvalue weighted by molar-refractivity contribution is 5.69. The lowest BCUT2D eigenvalue weighted by molar-refractivity contribution is 0.0219. The van der Waals surface area contributed by atoms with Crippen LogP contribution in [0.25, 0.3) is 0 Å². The van der Waals surface area contributed by atoms with Gasteiger partial charge in [-0.05, 0) is 52.0 Å². The molecule has 1 aromatic rings. The first kappa shape index (κ1) is 15.5. The van der Waals surface area contributed by atoms with Crippen LogP contribution in [0.1, 0.15) is 27.7 Å². The maximum absolute atomic E-state index is 12.1. The molecule has 1 saturated heterocycles. The normalized spacial score (nSPS) is 19.5. The fraction of sp³-hybridized carbons (Fsp3) is 0.562. The van der Waals surface area contributed by atoms with Crippen molar-refractivity contribution in [3.63, 3.8) is 0 Å². The highest BCUT2D eigenvalue weighted by atomic mass is 16.6. The summed E-state index contributed by atoms with van der Waals surface area (Å²) in [5, 5.41) is 9.36. The van der Waals surface area contributed by atoms with Gasteiger partial charge in [-0.3, -0.25) is 0 Å². The van der Waals surface area contributed by atoms with E-state index >= 15 is 0 Å². The number of phenols is 1. The summed E-state index contributed by atoms with van der Waals surface area (Å²) in [7, 11) is 0. The number of piperazine rings is 1. The third-order valence-electron chi connectivity index (χ3n) is 3.46. The molecule has 0 unspecified atom stereocenters. The maximum Gasteiger partial charge on any atom is 0.410 e. The Hall–Kier alpha value is -1.91. The van der Waals surface area contributed by atoms with E-state index in [4.69, 9.17) is 4.74 Å². The second-order valence-corrected chi connectivity index (χ2v) is 6.49. The van der Waals surface area contributed by atoms with Gasteiger partial charge in [0.15, 0.2) is 0 Å². The minimum absolute atomic E-state index is 0.204. The van der Waals surface area contributed by atoms with Gasteiger partial charge in [0, 0.05) is 31.4 Å². The third kappa shape index (κ3) is 4.03. The Morgan fingerprint density at radius 3 is 2.38 bits per heavy atom. The van der Waals surface area contributed by atoms with Crippen LogP contribution in [0.4, 0.5) is 10.5 Å². The summed E-state index contributed by atoms with van der Waals surface area (Å²) in [4.78, 5) is 16.1. The number of ether oxygens (including phenoxy) is 1. The standard InChI is InChI=1S/C16H24N2O3/c1-12-11-17(15(20)21-16(2,3)4)9-10-18(12)13-5-7-14(19)8-6-13/h5-8,12,19H,9-11H2,1-4H3/t12-/m0/s1. The predicted molar refractivity (Wildman–Crippen MR) is 82.7 cm³/mol. The molecule has 0 aromatic heterocycles. The maximum atomic E-state index is 12.1. The second kappa shape index (κ2) is 5.84. The van der Waals surface area contributed by atoms with Gasteiger partial charge in [0.2, 0.25) is 0 Å². The van der Waals surface area contributed by atoms with Crippen LogP contribution in [0, 0.1) is 0 Å². The number of phenolic OH excluding ortho intramolecular Hbond substituents is 1. The Morgan fingerprint density at radius 1 is 1.24 bits per heavy atom. The topological polar surface area (TPSA) is 53.0 Å². The molecule has 2 rings (SSSR count). The summed E-state index contributed by atoms with van der Waals surface area (Å²) in [6.45, 7) is 9.74. The van der Waals surface area contributed by atoms with E-state index in [0.29, 0.717) is 13.1 Å². The van der Waals surface area contributed by atoms with E-state index in [1.54, 1.807) is 17.0 Å². The number of anilines is 1.